The Kier molecular flexibility index (Phi) is 7.57. The molecule has 2 rings (SSSR count). The summed E-state index contributed by atoms with van der Waals surface area (Å²) in [7, 11) is 1.75. The van der Waals surface area contributed by atoms with E-state index in [9.17, 15) is 0 Å². The number of allylic oxidation sites excluding steroid dienone is 4. The minimum atomic E-state index is 0.258. The van der Waals surface area contributed by atoms with Gasteiger partial charge in [-0.25, -0.2) is 4.99 Å². The van der Waals surface area contributed by atoms with Crippen molar-refractivity contribution >= 4 is 5.90 Å². The van der Waals surface area contributed by atoms with Gasteiger partial charge in [0.25, 0.3) is 0 Å². The maximum absolute atomic E-state index is 6.01. The number of methoxy groups -OCH3 is 1. The summed E-state index contributed by atoms with van der Waals surface area (Å²) in [6.07, 6.45) is 10.1. The van der Waals surface area contributed by atoms with Gasteiger partial charge in [0.05, 0.1) is 13.7 Å². The van der Waals surface area contributed by atoms with E-state index < -0.39 is 0 Å². The van der Waals surface area contributed by atoms with Gasteiger partial charge in [-0.3, -0.25) is 0 Å². The summed E-state index contributed by atoms with van der Waals surface area (Å²) < 4.78 is 17.1. The Morgan fingerprint density at radius 3 is 2.75 bits per heavy atom. The molecule has 1 saturated heterocycles. The third kappa shape index (κ3) is 4.97. The van der Waals surface area contributed by atoms with E-state index in [1.165, 1.54) is 11.1 Å². The SMILES string of the molecule is C/C=C(\C(OC)=C(/C)CC)C1C=CN=C(OCC2CCOCC2)C1. The number of rotatable bonds is 6. The lowest BCUT2D eigenvalue weighted by atomic mass is 9.90. The molecule has 4 nitrogen and oxygen atoms in total. The van der Waals surface area contributed by atoms with Crippen molar-refractivity contribution in [2.24, 2.45) is 16.8 Å². The van der Waals surface area contributed by atoms with Gasteiger partial charge in [0, 0.05) is 31.8 Å². The largest absolute Gasteiger partial charge is 0.497 e. The van der Waals surface area contributed by atoms with Crippen LogP contribution in [0.3, 0.4) is 0 Å². The number of ether oxygens (including phenoxy) is 3. The molecule has 0 bridgehead atoms. The quantitative estimate of drug-likeness (QED) is 0.525. The van der Waals surface area contributed by atoms with Gasteiger partial charge in [-0.15, -0.1) is 0 Å². The van der Waals surface area contributed by atoms with Crippen molar-refractivity contribution in [3.05, 3.63) is 35.3 Å². The predicted octanol–water partition coefficient (Wildman–Crippen LogP) is 4.64. The Bertz CT molecular complexity index is 525. The first-order chi connectivity index (χ1) is 11.7. The maximum Gasteiger partial charge on any atom is 0.188 e. The van der Waals surface area contributed by atoms with Crippen LogP contribution in [0.1, 0.15) is 46.5 Å². The molecule has 0 aliphatic carbocycles. The Morgan fingerprint density at radius 2 is 2.12 bits per heavy atom. The molecule has 0 saturated carbocycles. The van der Waals surface area contributed by atoms with Crippen LogP contribution in [0, 0.1) is 11.8 Å². The van der Waals surface area contributed by atoms with E-state index in [0.717, 1.165) is 57.2 Å². The average molecular weight is 333 g/mol. The van der Waals surface area contributed by atoms with Crippen LogP contribution in [-0.4, -0.2) is 32.8 Å². The topological polar surface area (TPSA) is 40.0 Å². The lowest BCUT2D eigenvalue weighted by Gasteiger charge is -2.25. The standard InChI is InChI=1S/C20H31NO3/c1-5-15(3)20(22-4)18(6-2)17-7-10-21-19(13-17)24-14-16-8-11-23-12-9-16/h6-7,10,16-17H,5,8-9,11-14H2,1-4H3/b18-6-,20-15-. The van der Waals surface area contributed by atoms with Crippen LogP contribution in [0.15, 0.2) is 40.2 Å². The van der Waals surface area contributed by atoms with E-state index in [4.69, 9.17) is 14.2 Å². The second-order valence-corrected chi connectivity index (χ2v) is 6.45. The molecule has 134 valence electrons. The van der Waals surface area contributed by atoms with Gasteiger partial charge >= 0.3 is 0 Å². The highest BCUT2D eigenvalue weighted by Crippen LogP contribution is 2.30. The van der Waals surface area contributed by atoms with Crippen LogP contribution >= 0.6 is 0 Å². The molecule has 0 aromatic carbocycles. The Labute approximate surface area is 146 Å². The molecule has 0 N–H and O–H groups in total. The second kappa shape index (κ2) is 9.67. The monoisotopic (exact) mass is 333 g/mol. The van der Waals surface area contributed by atoms with Crippen LogP contribution in [-0.2, 0) is 14.2 Å². The van der Waals surface area contributed by atoms with Crippen LogP contribution in [0.5, 0.6) is 0 Å². The lowest BCUT2D eigenvalue weighted by Crippen LogP contribution is -2.23. The predicted molar refractivity (Wildman–Crippen MR) is 97.9 cm³/mol. The normalized spacial score (nSPS) is 23.6. The average Bonchev–Trinajstić information content (AvgIpc) is 2.64. The zero-order valence-corrected chi connectivity index (χ0v) is 15.5. The van der Waals surface area contributed by atoms with Gasteiger partial charge < -0.3 is 14.2 Å². The molecule has 0 amide bonds. The number of aliphatic imine (C=N–C) groups is 1. The number of hydrogen-bond acceptors (Lipinski definition) is 4. The van der Waals surface area contributed by atoms with E-state index in [0.29, 0.717) is 5.92 Å². The summed E-state index contributed by atoms with van der Waals surface area (Å²) in [6, 6.07) is 0. The molecule has 4 heteroatoms. The highest BCUT2D eigenvalue weighted by atomic mass is 16.5. The van der Waals surface area contributed by atoms with Crippen molar-refractivity contribution in [2.75, 3.05) is 26.9 Å². The molecule has 1 fully saturated rings. The molecule has 2 aliphatic heterocycles. The Hall–Kier alpha value is -1.55. The molecule has 0 aromatic heterocycles. The van der Waals surface area contributed by atoms with Crippen molar-refractivity contribution in [3.63, 3.8) is 0 Å². The van der Waals surface area contributed by atoms with E-state index in [2.05, 4.69) is 37.9 Å². The van der Waals surface area contributed by atoms with E-state index in [-0.39, 0.29) is 5.92 Å². The lowest BCUT2D eigenvalue weighted by molar-refractivity contribution is 0.0471. The Balaban J connectivity index is 1.98. The molecule has 0 aromatic rings. The van der Waals surface area contributed by atoms with Crippen molar-refractivity contribution in [1.29, 1.82) is 0 Å². The van der Waals surface area contributed by atoms with Gasteiger partial charge in [0.2, 0.25) is 0 Å². The van der Waals surface area contributed by atoms with Crippen molar-refractivity contribution in [3.8, 4) is 0 Å². The molecular formula is C20H31NO3. The van der Waals surface area contributed by atoms with Gasteiger partial charge in [0.15, 0.2) is 5.90 Å². The third-order valence-electron chi connectivity index (χ3n) is 4.85. The zero-order chi connectivity index (χ0) is 17.4. The number of hydrogen-bond donors (Lipinski definition) is 0. The Morgan fingerprint density at radius 1 is 1.38 bits per heavy atom. The van der Waals surface area contributed by atoms with Crippen molar-refractivity contribution in [2.45, 2.75) is 46.5 Å². The third-order valence-corrected chi connectivity index (χ3v) is 4.85. The fourth-order valence-corrected chi connectivity index (χ4v) is 3.19. The molecule has 2 aliphatic rings. The summed E-state index contributed by atoms with van der Waals surface area (Å²) in [5.41, 5.74) is 2.49. The molecule has 24 heavy (non-hydrogen) atoms. The summed E-state index contributed by atoms with van der Waals surface area (Å²) in [5, 5.41) is 0. The number of nitrogens with zero attached hydrogens (tertiary/aromatic N) is 1. The highest BCUT2D eigenvalue weighted by Gasteiger charge is 2.23. The minimum Gasteiger partial charge on any atom is -0.497 e. The smallest absolute Gasteiger partial charge is 0.188 e. The molecule has 0 radical (unpaired) electrons. The molecule has 1 unspecified atom stereocenters. The van der Waals surface area contributed by atoms with E-state index >= 15 is 0 Å². The molecule has 2 heterocycles. The highest BCUT2D eigenvalue weighted by molar-refractivity contribution is 5.78. The first-order valence-corrected chi connectivity index (χ1v) is 9.03. The zero-order valence-electron chi connectivity index (χ0n) is 15.5. The van der Waals surface area contributed by atoms with Crippen molar-refractivity contribution < 1.29 is 14.2 Å². The summed E-state index contributed by atoms with van der Waals surface area (Å²) in [6.45, 7) is 8.80. The van der Waals surface area contributed by atoms with Crippen LogP contribution in [0.25, 0.3) is 0 Å². The molecule has 0 spiro atoms. The van der Waals surface area contributed by atoms with Gasteiger partial charge in [-0.05, 0) is 50.2 Å². The second-order valence-electron chi connectivity index (χ2n) is 6.45. The first-order valence-electron chi connectivity index (χ1n) is 9.03. The maximum atomic E-state index is 6.01. The summed E-state index contributed by atoms with van der Waals surface area (Å²) in [5.74, 6) is 2.68. The molecule has 1 atom stereocenters. The van der Waals surface area contributed by atoms with E-state index in [1.807, 2.05) is 6.20 Å². The van der Waals surface area contributed by atoms with Gasteiger partial charge in [0.1, 0.15) is 5.76 Å². The first kappa shape index (κ1) is 18.8. The van der Waals surface area contributed by atoms with E-state index in [1.54, 1.807) is 7.11 Å². The van der Waals surface area contributed by atoms with Gasteiger partial charge in [-0.1, -0.05) is 19.1 Å². The fourth-order valence-electron chi connectivity index (χ4n) is 3.19. The molecular weight excluding hydrogens is 302 g/mol. The summed E-state index contributed by atoms with van der Waals surface area (Å²) >= 11 is 0. The van der Waals surface area contributed by atoms with Gasteiger partial charge in [-0.2, -0.15) is 0 Å². The fraction of sp³-hybridized carbons (Fsp3) is 0.650. The van der Waals surface area contributed by atoms with Crippen LogP contribution in [0.2, 0.25) is 0 Å². The minimum absolute atomic E-state index is 0.258. The van der Waals surface area contributed by atoms with Crippen LogP contribution in [0.4, 0.5) is 0 Å². The summed E-state index contributed by atoms with van der Waals surface area (Å²) in [4.78, 5) is 4.43. The van der Waals surface area contributed by atoms with Crippen molar-refractivity contribution in [1.82, 2.24) is 0 Å². The van der Waals surface area contributed by atoms with Crippen LogP contribution < -0.4 is 0 Å².